The lowest BCUT2D eigenvalue weighted by molar-refractivity contribution is -0.0933. The van der Waals surface area contributed by atoms with Gasteiger partial charge in [0.2, 0.25) is 0 Å². The molecule has 0 radical (unpaired) electrons. The van der Waals surface area contributed by atoms with Crippen molar-refractivity contribution in [2.45, 2.75) is 58.1 Å². The van der Waals surface area contributed by atoms with Crippen LogP contribution < -0.4 is 5.32 Å². The zero-order chi connectivity index (χ0) is 11.9. The summed E-state index contributed by atoms with van der Waals surface area (Å²) in [6.07, 6.45) is 4.51. The van der Waals surface area contributed by atoms with Gasteiger partial charge in [0.15, 0.2) is 0 Å². The van der Waals surface area contributed by atoms with E-state index >= 15 is 0 Å². The lowest BCUT2D eigenvalue weighted by atomic mass is 9.86. The Balaban J connectivity index is 2.27. The largest absolute Gasteiger partial charge is 0.380 e. The number of hydrogen-bond acceptors (Lipinski definition) is 3. The summed E-state index contributed by atoms with van der Waals surface area (Å²) in [5, 5.41) is 3.57. The molecule has 96 valence electrons. The van der Waals surface area contributed by atoms with Gasteiger partial charge in [0.1, 0.15) is 0 Å². The molecule has 0 aromatic rings. The quantitative estimate of drug-likeness (QED) is 0.680. The summed E-state index contributed by atoms with van der Waals surface area (Å²) in [6, 6.07) is 0.606. The molecule has 1 aliphatic rings. The monoisotopic (exact) mass is 229 g/mol. The first kappa shape index (κ1) is 13.9. The van der Waals surface area contributed by atoms with Crippen molar-refractivity contribution < 1.29 is 9.47 Å². The lowest BCUT2D eigenvalue weighted by Gasteiger charge is -2.40. The van der Waals surface area contributed by atoms with Crippen LogP contribution in [0.2, 0.25) is 0 Å². The van der Waals surface area contributed by atoms with Crippen molar-refractivity contribution in [1.29, 1.82) is 0 Å². The van der Waals surface area contributed by atoms with E-state index < -0.39 is 0 Å². The maximum atomic E-state index is 5.95. The molecule has 0 saturated carbocycles. The second-order valence-electron chi connectivity index (χ2n) is 4.58. The van der Waals surface area contributed by atoms with Crippen LogP contribution in [0.1, 0.15) is 46.5 Å². The maximum Gasteiger partial charge on any atom is 0.0692 e. The third kappa shape index (κ3) is 4.04. The van der Waals surface area contributed by atoms with Crippen molar-refractivity contribution in [3.05, 3.63) is 0 Å². The predicted octanol–water partition coefficient (Wildman–Crippen LogP) is 2.35. The third-order valence-electron chi connectivity index (χ3n) is 3.67. The molecule has 0 aromatic carbocycles. The Bertz CT molecular complexity index is 181. The lowest BCUT2D eigenvalue weighted by Crippen LogP contribution is -2.47. The average Bonchev–Trinajstić information content (AvgIpc) is 2.35. The zero-order valence-corrected chi connectivity index (χ0v) is 11.1. The fourth-order valence-corrected chi connectivity index (χ4v) is 2.42. The zero-order valence-electron chi connectivity index (χ0n) is 11.1. The Labute approximate surface area is 99.9 Å². The Morgan fingerprint density at radius 3 is 2.69 bits per heavy atom. The molecule has 16 heavy (non-hydrogen) atoms. The minimum absolute atomic E-state index is 0.127. The number of nitrogens with one attached hydrogen (secondary N) is 1. The van der Waals surface area contributed by atoms with E-state index in [9.17, 15) is 0 Å². The van der Waals surface area contributed by atoms with Crippen LogP contribution in [0.15, 0.2) is 0 Å². The second-order valence-corrected chi connectivity index (χ2v) is 4.58. The van der Waals surface area contributed by atoms with Crippen molar-refractivity contribution in [3.63, 3.8) is 0 Å². The SMILES string of the molecule is CCOCCNC1CCOC(CC)(CC)C1. The Kier molecular flexibility index (Phi) is 6.32. The van der Waals surface area contributed by atoms with Crippen LogP contribution in [-0.2, 0) is 9.47 Å². The summed E-state index contributed by atoms with van der Waals surface area (Å²) in [5.74, 6) is 0. The molecule has 1 saturated heterocycles. The van der Waals surface area contributed by atoms with Crippen LogP contribution in [0.3, 0.4) is 0 Å². The molecular weight excluding hydrogens is 202 g/mol. The molecule has 1 heterocycles. The van der Waals surface area contributed by atoms with Gasteiger partial charge in [0.25, 0.3) is 0 Å². The summed E-state index contributed by atoms with van der Waals surface area (Å²) in [6.45, 7) is 9.98. The molecule has 0 bridgehead atoms. The Morgan fingerprint density at radius 2 is 2.06 bits per heavy atom. The Morgan fingerprint density at radius 1 is 1.31 bits per heavy atom. The van der Waals surface area contributed by atoms with E-state index in [1.54, 1.807) is 0 Å². The van der Waals surface area contributed by atoms with Gasteiger partial charge in [-0.3, -0.25) is 0 Å². The molecule has 1 fully saturated rings. The molecule has 1 atom stereocenters. The number of ether oxygens (including phenoxy) is 2. The van der Waals surface area contributed by atoms with Gasteiger partial charge in [-0.2, -0.15) is 0 Å². The third-order valence-corrected chi connectivity index (χ3v) is 3.67. The van der Waals surface area contributed by atoms with Crippen LogP contribution in [0.5, 0.6) is 0 Å². The summed E-state index contributed by atoms with van der Waals surface area (Å²) in [5.41, 5.74) is 0.127. The number of hydrogen-bond donors (Lipinski definition) is 1. The average molecular weight is 229 g/mol. The van der Waals surface area contributed by atoms with Crippen LogP contribution in [0.4, 0.5) is 0 Å². The minimum Gasteiger partial charge on any atom is -0.380 e. The molecule has 1 unspecified atom stereocenters. The highest BCUT2D eigenvalue weighted by Crippen LogP contribution is 2.31. The standard InChI is InChI=1S/C13H27NO2/c1-4-13(5-2)11-12(7-9-16-13)14-8-10-15-6-3/h12,14H,4-11H2,1-3H3. The highest BCUT2D eigenvalue weighted by molar-refractivity contribution is 4.87. The molecule has 3 nitrogen and oxygen atoms in total. The molecule has 3 heteroatoms. The van der Waals surface area contributed by atoms with E-state index in [1.807, 2.05) is 6.92 Å². The molecule has 0 spiro atoms. The molecule has 0 aliphatic carbocycles. The van der Waals surface area contributed by atoms with Gasteiger partial charge < -0.3 is 14.8 Å². The summed E-state index contributed by atoms with van der Waals surface area (Å²) in [4.78, 5) is 0. The highest BCUT2D eigenvalue weighted by atomic mass is 16.5. The molecule has 1 aliphatic heterocycles. The van der Waals surface area contributed by atoms with Gasteiger partial charge in [-0.1, -0.05) is 13.8 Å². The number of rotatable bonds is 7. The van der Waals surface area contributed by atoms with Gasteiger partial charge in [0, 0.05) is 25.8 Å². The van der Waals surface area contributed by atoms with Crippen molar-refractivity contribution in [2.75, 3.05) is 26.4 Å². The fraction of sp³-hybridized carbons (Fsp3) is 1.00. The molecule has 0 amide bonds. The summed E-state index contributed by atoms with van der Waals surface area (Å²) in [7, 11) is 0. The van der Waals surface area contributed by atoms with Crippen LogP contribution in [0.25, 0.3) is 0 Å². The summed E-state index contributed by atoms with van der Waals surface area (Å²) < 4.78 is 11.3. The van der Waals surface area contributed by atoms with E-state index in [2.05, 4.69) is 19.2 Å². The van der Waals surface area contributed by atoms with Gasteiger partial charge in [-0.25, -0.2) is 0 Å². The highest BCUT2D eigenvalue weighted by Gasteiger charge is 2.33. The molecule has 1 rings (SSSR count). The van der Waals surface area contributed by atoms with Gasteiger partial charge in [-0.15, -0.1) is 0 Å². The van der Waals surface area contributed by atoms with Crippen molar-refractivity contribution in [2.24, 2.45) is 0 Å². The van der Waals surface area contributed by atoms with Gasteiger partial charge in [0.05, 0.1) is 12.2 Å². The van der Waals surface area contributed by atoms with Crippen molar-refractivity contribution in [1.82, 2.24) is 5.32 Å². The first-order valence-corrected chi connectivity index (χ1v) is 6.71. The normalized spacial score (nSPS) is 24.6. The second kappa shape index (κ2) is 7.25. The fourth-order valence-electron chi connectivity index (χ4n) is 2.42. The van der Waals surface area contributed by atoms with E-state index in [0.717, 1.165) is 52.0 Å². The molecular formula is C13H27NO2. The van der Waals surface area contributed by atoms with E-state index in [0.29, 0.717) is 6.04 Å². The van der Waals surface area contributed by atoms with Gasteiger partial charge >= 0.3 is 0 Å². The van der Waals surface area contributed by atoms with E-state index in [4.69, 9.17) is 9.47 Å². The molecule has 0 aromatic heterocycles. The van der Waals surface area contributed by atoms with Crippen LogP contribution in [-0.4, -0.2) is 38.0 Å². The van der Waals surface area contributed by atoms with Crippen LogP contribution in [0, 0.1) is 0 Å². The van der Waals surface area contributed by atoms with Crippen LogP contribution >= 0.6 is 0 Å². The topological polar surface area (TPSA) is 30.5 Å². The van der Waals surface area contributed by atoms with Crippen molar-refractivity contribution in [3.8, 4) is 0 Å². The predicted molar refractivity (Wildman–Crippen MR) is 66.8 cm³/mol. The molecule has 1 N–H and O–H groups in total. The Hall–Kier alpha value is -0.120. The van der Waals surface area contributed by atoms with Crippen molar-refractivity contribution >= 4 is 0 Å². The first-order chi connectivity index (χ1) is 7.76. The van der Waals surface area contributed by atoms with Gasteiger partial charge in [-0.05, 0) is 32.6 Å². The summed E-state index contributed by atoms with van der Waals surface area (Å²) >= 11 is 0. The van der Waals surface area contributed by atoms with E-state index in [1.165, 1.54) is 0 Å². The first-order valence-electron chi connectivity index (χ1n) is 6.71. The van der Waals surface area contributed by atoms with E-state index in [-0.39, 0.29) is 5.60 Å². The minimum atomic E-state index is 0.127. The smallest absolute Gasteiger partial charge is 0.0692 e. The maximum absolute atomic E-state index is 5.95.